The van der Waals surface area contributed by atoms with Crippen molar-refractivity contribution in [3.05, 3.63) is 71.6 Å². The number of hydrogen-bond acceptors (Lipinski definition) is 5. The van der Waals surface area contributed by atoms with Crippen LogP contribution < -0.4 is 4.74 Å². The molecule has 1 N–H and O–H groups in total. The van der Waals surface area contributed by atoms with Gasteiger partial charge in [0.1, 0.15) is 5.82 Å². The van der Waals surface area contributed by atoms with Crippen LogP contribution in [0.25, 0.3) is 32.6 Å². The van der Waals surface area contributed by atoms with Gasteiger partial charge in [0.25, 0.3) is 0 Å². The predicted octanol–water partition coefficient (Wildman–Crippen LogP) is 5.00. The van der Waals surface area contributed by atoms with E-state index in [9.17, 15) is 4.39 Å². The minimum absolute atomic E-state index is 0.294. The Kier molecular flexibility index (Phi) is 4.21. The summed E-state index contributed by atoms with van der Waals surface area (Å²) >= 11 is 1.43. The van der Waals surface area contributed by atoms with Gasteiger partial charge >= 0.3 is 0 Å². The third-order valence-electron chi connectivity index (χ3n) is 4.55. The highest BCUT2D eigenvalue weighted by Crippen LogP contribution is 2.28. The van der Waals surface area contributed by atoms with Crippen molar-refractivity contribution in [2.45, 2.75) is 6.42 Å². The Balaban J connectivity index is 1.42. The summed E-state index contributed by atoms with van der Waals surface area (Å²) in [6.45, 7) is 0.467. The fourth-order valence-electron chi connectivity index (χ4n) is 3.16. The molecule has 0 atom stereocenters. The van der Waals surface area contributed by atoms with Crippen LogP contribution in [0.2, 0.25) is 0 Å². The lowest BCUT2D eigenvalue weighted by atomic mass is 10.1. The lowest BCUT2D eigenvalue weighted by Gasteiger charge is -2.08. The fourth-order valence-corrected chi connectivity index (χ4v) is 3.81. The number of thiazole rings is 1. The first kappa shape index (κ1) is 16.8. The highest BCUT2D eigenvalue weighted by molar-refractivity contribution is 7.16. The molecule has 0 radical (unpaired) electrons. The Morgan fingerprint density at radius 2 is 1.89 bits per heavy atom. The van der Waals surface area contributed by atoms with Crippen molar-refractivity contribution in [3.8, 4) is 17.3 Å². The van der Waals surface area contributed by atoms with Crippen molar-refractivity contribution in [1.82, 2.24) is 19.9 Å². The largest absolute Gasteiger partial charge is 0.476 e. The number of H-pyrrole nitrogens is 1. The number of nitrogens with zero attached hydrogens (tertiary/aromatic N) is 3. The molecular weight excluding hydrogens is 375 g/mol. The predicted molar refractivity (Wildman–Crippen MR) is 108 cm³/mol. The monoisotopic (exact) mass is 390 g/mol. The topological polar surface area (TPSA) is 63.7 Å². The second-order valence-electron chi connectivity index (χ2n) is 6.32. The molecule has 5 aromatic rings. The molecule has 0 aliphatic rings. The minimum atomic E-state index is -0.294. The molecule has 0 saturated carbocycles. The van der Waals surface area contributed by atoms with E-state index in [-0.39, 0.29) is 5.82 Å². The first-order chi connectivity index (χ1) is 13.8. The zero-order valence-electron chi connectivity index (χ0n) is 14.7. The summed E-state index contributed by atoms with van der Waals surface area (Å²) in [5.41, 5.74) is 5.41. The van der Waals surface area contributed by atoms with E-state index in [2.05, 4.69) is 32.1 Å². The lowest BCUT2D eigenvalue weighted by Crippen LogP contribution is -2.04. The molecule has 5 nitrogen and oxygen atoms in total. The third-order valence-corrected chi connectivity index (χ3v) is 5.27. The molecular formula is C21H15FN4OS. The molecule has 0 spiro atoms. The zero-order chi connectivity index (χ0) is 18.9. The van der Waals surface area contributed by atoms with Crippen LogP contribution in [-0.4, -0.2) is 26.5 Å². The van der Waals surface area contributed by atoms with Crippen LogP contribution in [0, 0.1) is 5.82 Å². The van der Waals surface area contributed by atoms with E-state index in [1.165, 1.54) is 34.4 Å². The van der Waals surface area contributed by atoms with Crippen LogP contribution >= 0.6 is 11.3 Å². The molecule has 0 fully saturated rings. The highest BCUT2D eigenvalue weighted by Gasteiger charge is 2.13. The van der Waals surface area contributed by atoms with Gasteiger partial charge in [-0.15, -0.1) is 11.3 Å². The van der Waals surface area contributed by atoms with Crippen molar-refractivity contribution in [3.63, 3.8) is 0 Å². The number of halogens is 1. The molecule has 0 unspecified atom stereocenters. The zero-order valence-corrected chi connectivity index (χ0v) is 15.5. The Bertz CT molecular complexity index is 1260. The normalized spacial score (nSPS) is 11.3. The Hall–Kier alpha value is -3.32. The van der Waals surface area contributed by atoms with Gasteiger partial charge in [0, 0.05) is 29.1 Å². The van der Waals surface area contributed by atoms with Gasteiger partial charge in [-0.25, -0.2) is 14.4 Å². The Morgan fingerprint density at radius 3 is 2.79 bits per heavy atom. The molecule has 7 heteroatoms. The quantitative estimate of drug-likeness (QED) is 0.459. The molecule has 0 aliphatic heterocycles. The highest BCUT2D eigenvalue weighted by atomic mass is 32.1. The van der Waals surface area contributed by atoms with E-state index in [1.807, 2.05) is 18.3 Å². The van der Waals surface area contributed by atoms with E-state index >= 15 is 0 Å². The maximum Gasteiger partial charge on any atom is 0.245 e. The number of hydrogen-bond donors (Lipinski definition) is 1. The van der Waals surface area contributed by atoms with Gasteiger partial charge in [-0.1, -0.05) is 18.2 Å². The van der Waals surface area contributed by atoms with Crippen molar-refractivity contribution < 1.29 is 9.13 Å². The van der Waals surface area contributed by atoms with Crippen molar-refractivity contribution in [1.29, 1.82) is 0 Å². The van der Waals surface area contributed by atoms with Gasteiger partial charge in [-0.2, -0.15) is 4.98 Å². The Morgan fingerprint density at radius 1 is 1.04 bits per heavy atom. The number of fused-ring (bicyclic) bond motifs is 2. The average Bonchev–Trinajstić information content (AvgIpc) is 3.36. The number of nitrogens with one attached hydrogen (secondary N) is 1. The molecule has 0 amide bonds. The van der Waals surface area contributed by atoms with Crippen molar-refractivity contribution in [2.75, 3.05) is 6.61 Å². The van der Waals surface area contributed by atoms with E-state index < -0.39 is 0 Å². The minimum Gasteiger partial charge on any atom is -0.476 e. The van der Waals surface area contributed by atoms with E-state index in [1.54, 1.807) is 17.6 Å². The maximum atomic E-state index is 13.2. The molecule has 2 aromatic carbocycles. The van der Waals surface area contributed by atoms with Crippen molar-refractivity contribution in [2.24, 2.45) is 0 Å². The maximum absolute atomic E-state index is 13.2. The number of benzene rings is 2. The van der Waals surface area contributed by atoms with Gasteiger partial charge in [0.05, 0.1) is 12.1 Å². The molecule has 0 saturated heterocycles. The van der Waals surface area contributed by atoms with Gasteiger partial charge in [0.15, 0.2) is 16.2 Å². The van der Waals surface area contributed by atoms with Crippen LogP contribution in [0.4, 0.5) is 4.39 Å². The summed E-state index contributed by atoms with van der Waals surface area (Å²) in [6, 6.07) is 14.3. The third kappa shape index (κ3) is 3.10. The van der Waals surface area contributed by atoms with Gasteiger partial charge < -0.3 is 9.72 Å². The molecule has 0 aliphatic carbocycles. The standard InChI is InChI=1S/C21H15FN4OS/c22-15-7-5-13(6-8-15)19-25-20(18-21(26-19)28-12-24-18)27-10-9-14-11-23-17-4-2-1-3-16(14)17/h1-8,11-12,23H,9-10H2. The molecule has 3 aromatic heterocycles. The summed E-state index contributed by atoms with van der Waals surface area (Å²) < 4.78 is 19.2. The number of ether oxygens (including phenoxy) is 1. The lowest BCUT2D eigenvalue weighted by molar-refractivity contribution is 0.313. The molecule has 138 valence electrons. The molecule has 5 rings (SSSR count). The number of aromatic amines is 1. The summed E-state index contributed by atoms with van der Waals surface area (Å²) in [7, 11) is 0. The number of para-hydroxylation sites is 1. The van der Waals surface area contributed by atoms with E-state index in [0.29, 0.717) is 23.8 Å². The van der Waals surface area contributed by atoms with Gasteiger partial charge in [-0.3, -0.25) is 0 Å². The summed E-state index contributed by atoms with van der Waals surface area (Å²) in [5.74, 6) is 0.655. The van der Waals surface area contributed by atoms with E-state index in [4.69, 9.17) is 4.74 Å². The van der Waals surface area contributed by atoms with Crippen LogP contribution in [0.15, 0.2) is 60.2 Å². The second kappa shape index (κ2) is 7.01. The molecule has 28 heavy (non-hydrogen) atoms. The van der Waals surface area contributed by atoms with Crippen molar-refractivity contribution >= 4 is 32.6 Å². The molecule has 3 heterocycles. The summed E-state index contributed by atoms with van der Waals surface area (Å²) in [5, 5.41) is 1.19. The van der Waals surface area contributed by atoms with E-state index in [0.717, 1.165) is 22.3 Å². The smallest absolute Gasteiger partial charge is 0.245 e. The van der Waals surface area contributed by atoms with Crippen LogP contribution in [0.5, 0.6) is 5.88 Å². The Labute approximate surface area is 163 Å². The van der Waals surface area contributed by atoms with Crippen LogP contribution in [-0.2, 0) is 6.42 Å². The second-order valence-corrected chi connectivity index (χ2v) is 7.16. The van der Waals surface area contributed by atoms with Crippen LogP contribution in [0.3, 0.4) is 0 Å². The van der Waals surface area contributed by atoms with Gasteiger partial charge in [-0.05, 0) is 35.9 Å². The first-order valence-corrected chi connectivity index (χ1v) is 9.71. The average molecular weight is 390 g/mol. The number of rotatable bonds is 5. The fraction of sp³-hybridized carbons (Fsp3) is 0.0952. The number of aromatic nitrogens is 4. The summed E-state index contributed by atoms with van der Waals surface area (Å²) in [4.78, 5) is 17.4. The SMILES string of the molecule is Fc1ccc(-c2nc(OCCc3c[nH]c4ccccc34)c3ncsc3n2)cc1. The van der Waals surface area contributed by atoms with Gasteiger partial charge in [0.2, 0.25) is 5.88 Å². The first-order valence-electron chi connectivity index (χ1n) is 8.83. The van der Waals surface area contributed by atoms with Crippen LogP contribution in [0.1, 0.15) is 5.56 Å². The molecule has 0 bridgehead atoms. The summed E-state index contributed by atoms with van der Waals surface area (Å²) in [6.07, 6.45) is 2.75.